The van der Waals surface area contributed by atoms with E-state index in [9.17, 15) is 4.39 Å². The van der Waals surface area contributed by atoms with E-state index in [1.54, 1.807) is 23.6 Å². The van der Waals surface area contributed by atoms with Crippen LogP contribution in [0.15, 0.2) is 18.3 Å². The summed E-state index contributed by atoms with van der Waals surface area (Å²) in [6.07, 6.45) is 1.67. The molecule has 2 aromatic rings. The van der Waals surface area contributed by atoms with Gasteiger partial charge in [0.1, 0.15) is 0 Å². The standard InChI is InChI=1S/C17H21FN4S/c1-11-16(23-12(2)20-11)10-21-6-13-8-22(9-14(13)7-21)17-15(18)4-3-5-19-17/h3-5,13-14H,6-10H2,1-2H3. The number of likely N-dealkylation sites (tertiary alicyclic amines) is 1. The first-order valence-corrected chi connectivity index (χ1v) is 8.92. The molecular weight excluding hydrogens is 311 g/mol. The molecule has 2 unspecified atom stereocenters. The van der Waals surface area contributed by atoms with Crippen LogP contribution in [0.4, 0.5) is 10.2 Å². The third-order valence-corrected chi connectivity index (χ3v) is 6.02. The largest absolute Gasteiger partial charge is 0.354 e. The molecule has 4 heterocycles. The molecule has 0 spiro atoms. The average molecular weight is 332 g/mol. The smallest absolute Gasteiger partial charge is 0.165 e. The van der Waals surface area contributed by atoms with E-state index in [2.05, 4.69) is 33.6 Å². The van der Waals surface area contributed by atoms with Gasteiger partial charge in [-0.1, -0.05) is 0 Å². The number of pyridine rings is 1. The number of hydrogen-bond donors (Lipinski definition) is 0. The Morgan fingerprint density at radius 1 is 1.22 bits per heavy atom. The summed E-state index contributed by atoms with van der Waals surface area (Å²) in [6, 6.07) is 3.15. The number of anilines is 1. The lowest BCUT2D eigenvalue weighted by Crippen LogP contribution is -2.29. The minimum atomic E-state index is -0.208. The summed E-state index contributed by atoms with van der Waals surface area (Å²) in [5.41, 5.74) is 1.17. The van der Waals surface area contributed by atoms with Crippen molar-refractivity contribution in [2.75, 3.05) is 31.1 Å². The molecule has 2 saturated heterocycles. The molecule has 0 radical (unpaired) electrons. The maximum Gasteiger partial charge on any atom is 0.165 e. The number of thiazole rings is 1. The molecule has 0 amide bonds. The molecule has 2 aromatic heterocycles. The van der Waals surface area contributed by atoms with Crippen LogP contribution in [0.1, 0.15) is 15.6 Å². The fourth-order valence-corrected chi connectivity index (χ4v) is 4.91. The molecule has 2 atom stereocenters. The van der Waals surface area contributed by atoms with Crippen molar-refractivity contribution in [2.45, 2.75) is 20.4 Å². The first-order valence-electron chi connectivity index (χ1n) is 8.11. The molecule has 122 valence electrons. The Hall–Kier alpha value is -1.53. The minimum Gasteiger partial charge on any atom is -0.354 e. The van der Waals surface area contributed by atoms with E-state index in [0.717, 1.165) is 37.7 Å². The van der Waals surface area contributed by atoms with Crippen LogP contribution in [0, 0.1) is 31.5 Å². The van der Waals surface area contributed by atoms with E-state index in [4.69, 9.17) is 0 Å². The molecule has 2 aliphatic heterocycles. The molecule has 6 heteroatoms. The molecule has 23 heavy (non-hydrogen) atoms. The van der Waals surface area contributed by atoms with Crippen LogP contribution in [0.25, 0.3) is 0 Å². The Labute approximate surface area is 140 Å². The van der Waals surface area contributed by atoms with Crippen LogP contribution >= 0.6 is 11.3 Å². The van der Waals surface area contributed by atoms with Gasteiger partial charge >= 0.3 is 0 Å². The van der Waals surface area contributed by atoms with Crippen molar-refractivity contribution in [1.29, 1.82) is 0 Å². The molecule has 4 nitrogen and oxygen atoms in total. The fourth-order valence-electron chi connectivity index (χ4n) is 3.93. The van der Waals surface area contributed by atoms with E-state index in [1.807, 2.05) is 0 Å². The van der Waals surface area contributed by atoms with Crippen LogP contribution in [0.2, 0.25) is 0 Å². The molecule has 2 aliphatic rings. The summed E-state index contributed by atoms with van der Waals surface area (Å²) >= 11 is 1.81. The molecule has 4 rings (SSSR count). The highest BCUT2D eigenvalue weighted by Gasteiger charge is 2.41. The zero-order valence-corrected chi connectivity index (χ0v) is 14.3. The molecule has 0 aliphatic carbocycles. The lowest BCUT2D eigenvalue weighted by Gasteiger charge is -2.22. The van der Waals surface area contributed by atoms with E-state index in [0.29, 0.717) is 17.7 Å². The molecule has 0 bridgehead atoms. The zero-order chi connectivity index (χ0) is 16.0. The van der Waals surface area contributed by atoms with Crippen LogP contribution in [0.5, 0.6) is 0 Å². The highest BCUT2D eigenvalue weighted by molar-refractivity contribution is 7.11. The third kappa shape index (κ3) is 2.85. The summed E-state index contributed by atoms with van der Waals surface area (Å²) in [5.74, 6) is 1.54. The van der Waals surface area contributed by atoms with E-state index >= 15 is 0 Å². The zero-order valence-electron chi connectivity index (χ0n) is 13.5. The SMILES string of the molecule is Cc1nc(C)c(CN2CC3CN(c4ncccc4F)CC3C2)s1. The Balaban J connectivity index is 1.40. The Kier molecular flexibility index (Phi) is 3.81. The van der Waals surface area contributed by atoms with E-state index < -0.39 is 0 Å². The van der Waals surface area contributed by atoms with E-state index in [1.165, 1.54) is 16.6 Å². The van der Waals surface area contributed by atoms with Crippen LogP contribution in [-0.2, 0) is 6.54 Å². The van der Waals surface area contributed by atoms with E-state index in [-0.39, 0.29) is 5.82 Å². The van der Waals surface area contributed by atoms with Gasteiger partial charge in [-0.25, -0.2) is 14.4 Å². The van der Waals surface area contributed by atoms with Crippen molar-refractivity contribution in [3.05, 3.63) is 39.7 Å². The summed E-state index contributed by atoms with van der Waals surface area (Å²) in [7, 11) is 0. The molecule has 0 saturated carbocycles. The van der Waals surface area contributed by atoms with Crippen molar-refractivity contribution in [3.63, 3.8) is 0 Å². The van der Waals surface area contributed by atoms with Gasteiger partial charge in [-0.2, -0.15) is 0 Å². The quantitative estimate of drug-likeness (QED) is 0.865. The minimum absolute atomic E-state index is 0.208. The number of hydrogen-bond acceptors (Lipinski definition) is 5. The summed E-state index contributed by atoms with van der Waals surface area (Å²) in [4.78, 5) is 14.8. The lowest BCUT2D eigenvalue weighted by molar-refractivity contribution is 0.310. The summed E-state index contributed by atoms with van der Waals surface area (Å²) in [6.45, 7) is 9.17. The van der Waals surface area contributed by atoms with Gasteiger partial charge in [0, 0.05) is 43.8 Å². The van der Waals surface area contributed by atoms with Gasteiger partial charge in [0.05, 0.1) is 10.7 Å². The van der Waals surface area contributed by atoms with Crippen LogP contribution in [-0.4, -0.2) is 41.0 Å². The normalized spacial score (nSPS) is 24.4. The van der Waals surface area contributed by atoms with Crippen LogP contribution in [0.3, 0.4) is 0 Å². The fraction of sp³-hybridized carbons (Fsp3) is 0.529. The number of halogens is 1. The Morgan fingerprint density at radius 3 is 2.57 bits per heavy atom. The molecular formula is C17H21FN4S. The van der Waals surface area contributed by atoms with Gasteiger partial charge in [-0.05, 0) is 37.8 Å². The van der Waals surface area contributed by atoms with Gasteiger partial charge < -0.3 is 4.90 Å². The highest BCUT2D eigenvalue weighted by atomic mass is 32.1. The maximum atomic E-state index is 13.9. The second-order valence-electron chi connectivity index (χ2n) is 6.67. The Morgan fingerprint density at radius 2 is 1.96 bits per heavy atom. The van der Waals surface area contributed by atoms with Crippen molar-refractivity contribution in [1.82, 2.24) is 14.9 Å². The van der Waals surface area contributed by atoms with Crippen molar-refractivity contribution < 1.29 is 4.39 Å². The number of rotatable bonds is 3. The predicted molar refractivity (Wildman–Crippen MR) is 90.3 cm³/mol. The highest BCUT2D eigenvalue weighted by Crippen LogP contribution is 2.35. The van der Waals surface area contributed by atoms with Crippen LogP contribution < -0.4 is 4.90 Å². The first-order chi connectivity index (χ1) is 11.1. The van der Waals surface area contributed by atoms with Crippen molar-refractivity contribution >= 4 is 17.2 Å². The number of aryl methyl sites for hydroxylation is 2. The Bertz CT molecular complexity index is 702. The van der Waals surface area contributed by atoms with Crippen molar-refractivity contribution in [3.8, 4) is 0 Å². The summed E-state index contributed by atoms with van der Waals surface area (Å²) < 4.78 is 13.9. The van der Waals surface area contributed by atoms with Gasteiger partial charge in [0.2, 0.25) is 0 Å². The molecule has 2 fully saturated rings. The monoisotopic (exact) mass is 332 g/mol. The topological polar surface area (TPSA) is 32.3 Å². The number of aromatic nitrogens is 2. The van der Waals surface area contributed by atoms with Gasteiger partial charge in [0.25, 0.3) is 0 Å². The van der Waals surface area contributed by atoms with Crippen molar-refractivity contribution in [2.24, 2.45) is 11.8 Å². The second-order valence-corrected chi connectivity index (χ2v) is 7.96. The van der Waals surface area contributed by atoms with Gasteiger partial charge in [-0.3, -0.25) is 4.90 Å². The predicted octanol–water partition coefficient (Wildman–Crippen LogP) is 2.86. The number of nitrogens with zero attached hydrogens (tertiary/aromatic N) is 4. The second kappa shape index (κ2) is 5.83. The van der Waals surface area contributed by atoms with Gasteiger partial charge in [0.15, 0.2) is 11.6 Å². The summed E-state index contributed by atoms with van der Waals surface area (Å²) in [5, 5.41) is 1.15. The first kappa shape index (κ1) is 15.0. The number of fused-ring (bicyclic) bond motifs is 1. The third-order valence-electron chi connectivity index (χ3n) is 4.97. The molecule has 0 aromatic carbocycles. The maximum absolute atomic E-state index is 13.9. The molecule has 0 N–H and O–H groups in total. The lowest BCUT2D eigenvalue weighted by atomic mass is 10.0. The van der Waals surface area contributed by atoms with Gasteiger partial charge in [-0.15, -0.1) is 11.3 Å². The average Bonchev–Trinajstić information content (AvgIpc) is 3.13.